The van der Waals surface area contributed by atoms with E-state index in [9.17, 15) is 4.79 Å². The molecule has 4 rings (SSSR count). The Morgan fingerprint density at radius 3 is 2.68 bits per heavy atom. The molecule has 7 heteroatoms. The maximum atomic E-state index is 12.5. The Kier molecular flexibility index (Phi) is 4.31. The van der Waals surface area contributed by atoms with Crippen LogP contribution in [0.15, 0.2) is 36.7 Å². The number of halogens is 1. The molecule has 1 fully saturated rings. The highest BCUT2D eigenvalue weighted by Gasteiger charge is 2.24. The van der Waals surface area contributed by atoms with E-state index in [1.54, 1.807) is 35.9 Å². The highest BCUT2D eigenvalue weighted by molar-refractivity contribution is 7.22. The van der Waals surface area contributed by atoms with E-state index in [0.717, 1.165) is 39.0 Å². The van der Waals surface area contributed by atoms with E-state index < -0.39 is 0 Å². The molecule has 1 aliphatic heterocycles. The van der Waals surface area contributed by atoms with E-state index in [4.69, 9.17) is 16.6 Å². The summed E-state index contributed by atoms with van der Waals surface area (Å²) >= 11 is 7.93. The number of nitrogens with zero attached hydrogens (tertiary/aromatic N) is 4. The molecule has 0 aliphatic carbocycles. The van der Waals surface area contributed by atoms with Crippen LogP contribution in [0.25, 0.3) is 10.2 Å². The third kappa shape index (κ3) is 3.07. The monoisotopic (exact) mass is 372 g/mol. The lowest BCUT2D eigenvalue weighted by Crippen LogP contribution is -2.48. The molecule has 128 valence electrons. The van der Waals surface area contributed by atoms with E-state index in [1.807, 2.05) is 24.0 Å². The lowest BCUT2D eigenvalue weighted by Gasteiger charge is -2.34. The largest absolute Gasteiger partial charge is 0.345 e. The molecule has 1 saturated heterocycles. The van der Waals surface area contributed by atoms with E-state index in [0.29, 0.717) is 18.7 Å². The zero-order valence-corrected chi connectivity index (χ0v) is 15.3. The summed E-state index contributed by atoms with van der Waals surface area (Å²) in [6, 6.07) is 7.51. The molecular weight excluding hydrogens is 356 g/mol. The number of carbonyl (C=O) groups is 1. The second kappa shape index (κ2) is 6.61. The molecule has 0 saturated carbocycles. The molecule has 2 aromatic heterocycles. The van der Waals surface area contributed by atoms with Crippen molar-refractivity contribution in [3.63, 3.8) is 0 Å². The summed E-state index contributed by atoms with van der Waals surface area (Å²) in [5, 5.41) is 1.72. The maximum absolute atomic E-state index is 12.5. The van der Waals surface area contributed by atoms with E-state index in [-0.39, 0.29) is 5.91 Å². The van der Waals surface area contributed by atoms with Crippen LogP contribution in [0, 0.1) is 6.92 Å². The average Bonchev–Trinajstić information content (AvgIpc) is 3.12. The molecule has 0 bridgehead atoms. The fourth-order valence-electron chi connectivity index (χ4n) is 3.00. The Labute approximate surface area is 154 Å². The standard InChI is InChI=1S/C18H17ClN4OS/c1-12-4-5-14(19)16-15(12)21-18(25-16)23-9-7-22(8-10-23)17(24)13-3-2-6-20-11-13/h2-6,11H,7-10H2,1H3. The van der Waals surface area contributed by atoms with Crippen LogP contribution in [0.4, 0.5) is 5.13 Å². The van der Waals surface area contributed by atoms with Gasteiger partial charge in [-0.1, -0.05) is 29.0 Å². The van der Waals surface area contributed by atoms with E-state index in [1.165, 1.54) is 0 Å². The van der Waals surface area contributed by atoms with Gasteiger partial charge in [-0.3, -0.25) is 9.78 Å². The molecule has 1 aliphatic rings. The summed E-state index contributed by atoms with van der Waals surface area (Å²) in [6.07, 6.45) is 3.29. The topological polar surface area (TPSA) is 49.3 Å². The number of fused-ring (bicyclic) bond motifs is 1. The van der Waals surface area contributed by atoms with Crippen LogP contribution < -0.4 is 4.90 Å². The zero-order valence-electron chi connectivity index (χ0n) is 13.8. The molecule has 5 nitrogen and oxygen atoms in total. The van der Waals surface area contributed by atoms with Crippen molar-refractivity contribution in [2.75, 3.05) is 31.1 Å². The number of rotatable bonds is 2. The third-order valence-corrected chi connectivity index (χ3v) is 6.01. The van der Waals surface area contributed by atoms with Gasteiger partial charge in [-0.2, -0.15) is 0 Å². The number of aryl methyl sites for hydroxylation is 1. The van der Waals surface area contributed by atoms with Crippen molar-refractivity contribution in [2.24, 2.45) is 0 Å². The first-order valence-electron chi connectivity index (χ1n) is 8.13. The number of hydrogen-bond donors (Lipinski definition) is 0. The van der Waals surface area contributed by atoms with Gasteiger partial charge in [0.1, 0.15) is 0 Å². The fraction of sp³-hybridized carbons (Fsp3) is 0.278. The average molecular weight is 373 g/mol. The first-order valence-corrected chi connectivity index (χ1v) is 9.33. The van der Waals surface area contributed by atoms with Gasteiger partial charge in [-0.15, -0.1) is 0 Å². The van der Waals surface area contributed by atoms with Crippen molar-refractivity contribution in [1.29, 1.82) is 0 Å². The first-order chi connectivity index (χ1) is 12.1. The summed E-state index contributed by atoms with van der Waals surface area (Å²) in [6.45, 7) is 4.93. The number of piperazine rings is 1. The minimum absolute atomic E-state index is 0.0379. The molecule has 1 amide bonds. The number of benzene rings is 1. The normalized spacial score (nSPS) is 15.0. The first kappa shape index (κ1) is 16.3. The third-order valence-electron chi connectivity index (χ3n) is 4.43. The Morgan fingerprint density at radius 2 is 2.00 bits per heavy atom. The Morgan fingerprint density at radius 1 is 1.20 bits per heavy atom. The summed E-state index contributed by atoms with van der Waals surface area (Å²) in [5.74, 6) is 0.0379. The predicted molar refractivity (Wildman–Crippen MR) is 102 cm³/mol. The van der Waals surface area contributed by atoms with Gasteiger partial charge in [-0.25, -0.2) is 4.98 Å². The van der Waals surface area contributed by atoms with Crippen molar-refractivity contribution in [1.82, 2.24) is 14.9 Å². The van der Waals surface area contributed by atoms with Crippen LogP contribution in [-0.4, -0.2) is 47.0 Å². The van der Waals surface area contributed by atoms with E-state index in [2.05, 4.69) is 9.88 Å². The number of carbonyl (C=O) groups excluding carboxylic acids is 1. The van der Waals surface area contributed by atoms with Gasteiger partial charge in [0, 0.05) is 38.6 Å². The molecule has 1 aromatic carbocycles. The highest BCUT2D eigenvalue weighted by atomic mass is 35.5. The zero-order chi connectivity index (χ0) is 17.4. The second-order valence-electron chi connectivity index (χ2n) is 6.06. The minimum atomic E-state index is 0.0379. The molecule has 0 unspecified atom stereocenters. The van der Waals surface area contributed by atoms with Crippen LogP contribution in [0.2, 0.25) is 5.02 Å². The van der Waals surface area contributed by atoms with Crippen molar-refractivity contribution < 1.29 is 4.79 Å². The quantitative estimate of drug-likeness (QED) is 0.689. The minimum Gasteiger partial charge on any atom is -0.345 e. The Balaban J connectivity index is 1.50. The number of amides is 1. The summed E-state index contributed by atoms with van der Waals surface area (Å²) < 4.78 is 1.03. The van der Waals surface area contributed by atoms with Gasteiger partial charge >= 0.3 is 0 Å². The Hall–Kier alpha value is -2.18. The van der Waals surface area contributed by atoms with Crippen molar-refractivity contribution in [2.45, 2.75) is 6.92 Å². The molecular formula is C18H17ClN4OS. The molecule has 3 heterocycles. The summed E-state index contributed by atoms with van der Waals surface area (Å²) in [4.78, 5) is 25.4. The van der Waals surface area contributed by atoms with Crippen LogP contribution in [0.3, 0.4) is 0 Å². The van der Waals surface area contributed by atoms with Crippen molar-refractivity contribution in [3.05, 3.63) is 52.8 Å². The van der Waals surface area contributed by atoms with E-state index >= 15 is 0 Å². The van der Waals surface area contributed by atoms with Gasteiger partial charge in [0.15, 0.2) is 5.13 Å². The smallest absolute Gasteiger partial charge is 0.255 e. The molecule has 0 spiro atoms. The fourth-order valence-corrected chi connectivity index (χ4v) is 4.37. The van der Waals surface area contributed by atoms with Crippen LogP contribution >= 0.6 is 22.9 Å². The second-order valence-corrected chi connectivity index (χ2v) is 7.44. The van der Waals surface area contributed by atoms with Crippen LogP contribution in [-0.2, 0) is 0 Å². The maximum Gasteiger partial charge on any atom is 0.255 e. The van der Waals surface area contributed by atoms with Gasteiger partial charge in [0.25, 0.3) is 5.91 Å². The number of aromatic nitrogens is 2. The lowest BCUT2D eigenvalue weighted by atomic mass is 10.2. The SMILES string of the molecule is Cc1ccc(Cl)c2sc(N3CCN(C(=O)c4cccnc4)CC3)nc12. The number of anilines is 1. The Bertz CT molecular complexity index is 880. The molecule has 25 heavy (non-hydrogen) atoms. The predicted octanol–water partition coefficient (Wildman–Crippen LogP) is 3.62. The number of thiazole rings is 1. The van der Waals surface area contributed by atoms with Gasteiger partial charge in [0.05, 0.1) is 20.8 Å². The molecule has 0 radical (unpaired) electrons. The lowest BCUT2D eigenvalue weighted by molar-refractivity contribution is 0.0746. The van der Waals surface area contributed by atoms with Crippen molar-refractivity contribution >= 4 is 44.2 Å². The van der Waals surface area contributed by atoms with Crippen molar-refractivity contribution in [3.8, 4) is 0 Å². The number of hydrogen-bond acceptors (Lipinski definition) is 5. The van der Waals surface area contributed by atoms with Gasteiger partial charge in [-0.05, 0) is 30.7 Å². The van der Waals surface area contributed by atoms with Crippen LogP contribution in [0.5, 0.6) is 0 Å². The van der Waals surface area contributed by atoms with Gasteiger partial charge < -0.3 is 9.80 Å². The number of pyridine rings is 1. The molecule has 0 N–H and O–H groups in total. The summed E-state index contributed by atoms with van der Waals surface area (Å²) in [5.41, 5.74) is 2.74. The highest BCUT2D eigenvalue weighted by Crippen LogP contribution is 2.35. The molecule has 0 atom stereocenters. The molecule has 3 aromatic rings. The van der Waals surface area contributed by atoms with Gasteiger partial charge in [0.2, 0.25) is 0 Å². The summed E-state index contributed by atoms with van der Waals surface area (Å²) in [7, 11) is 0. The van der Waals surface area contributed by atoms with Crippen LogP contribution in [0.1, 0.15) is 15.9 Å².